The van der Waals surface area contributed by atoms with Crippen molar-refractivity contribution in [2.24, 2.45) is 0 Å². The number of halogens is 3. The monoisotopic (exact) mass is 580 g/mol. The highest BCUT2D eigenvalue weighted by Crippen LogP contribution is 2.45. The Morgan fingerprint density at radius 1 is 1.00 bits per heavy atom. The summed E-state index contributed by atoms with van der Waals surface area (Å²) in [4.78, 5) is 27.8. The predicted molar refractivity (Wildman–Crippen MR) is 151 cm³/mol. The minimum absolute atomic E-state index is 0.0257. The molecule has 2 heterocycles. The van der Waals surface area contributed by atoms with E-state index in [1.807, 2.05) is 60.7 Å². The van der Waals surface area contributed by atoms with Gasteiger partial charge in [-0.2, -0.15) is 13.2 Å². The molecule has 3 atom stereocenters. The Bertz CT molecular complexity index is 1420. The number of carbonyl (C=O) groups excluding carboxylic acids is 2. The normalized spacial score (nSPS) is 23.1. The van der Waals surface area contributed by atoms with Gasteiger partial charge in [0.1, 0.15) is 6.61 Å². The third-order valence-corrected chi connectivity index (χ3v) is 8.43. The molecule has 2 aliphatic rings. The van der Waals surface area contributed by atoms with Gasteiger partial charge in [-0.25, -0.2) is 4.79 Å². The van der Waals surface area contributed by atoms with Crippen LogP contribution in [0, 0.1) is 6.92 Å². The lowest BCUT2D eigenvalue weighted by molar-refractivity contribution is -0.137. The maximum Gasteiger partial charge on any atom is 0.416 e. The number of rotatable bonds is 7. The zero-order valence-electron chi connectivity index (χ0n) is 23.7. The van der Waals surface area contributed by atoms with Crippen LogP contribution in [0.25, 0.3) is 0 Å². The minimum Gasteiger partial charge on any atom is -0.445 e. The molecule has 2 saturated heterocycles. The fourth-order valence-corrected chi connectivity index (χ4v) is 6.08. The molecule has 42 heavy (non-hydrogen) atoms. The lowest BCUT2D eigenvalue weighted by Crippen LogP contribution is -2.65. The van der Waals surface area contributed by atoms with E-state index in [0.29, 0.717) is 36.8 Å². The summed E-state index contributed by atoms with van der Waals surface area (Å²) in [7, 11) is 0. The van der Waals surface area contributed by atoms with Crippen molar-refractivity contribution in [2.75, 3.05) is 13.2 Å². The van der Waals surface area contributed by atoms with Crippen LogP contribution < -0.4 is 5.32 Å². The smallest absolute Gasteiger partial charge is 0.416 e. The molecule has 1 spiro atoms. The number of nitrogens with one attached hydrogen (secondary N) is 1. The van der Waals surface area contributed by atoms with Crippen molar-refractivity contribution >= 4 is 12.0 Å². The van der Waals surface area contributed by atoms with Crippen LogP contribution in [0.5, 0.6) is 0 Å². The molecular weight excluding hydrogens is 545 g/mol. The molecule has 1 N–H and O–H groups in total. The molecule has 3 aromatic carbocycles. The summed E-state index contributed by atoms with van der Waals surface area (Å²) in [5.41, 5.74) is 0.266. The molecule has 0 unspecified atom stereocenters. The van der Waals surface area contributed by atoms with Gasteiger partial charge in [-0.3, -0.25) is 9.69 Å². The Morgan fingerprint density at radius 3 is 2.33 bits per heavy atom. The molecule has 0 saturated carbocycles. The lowest BCUT2D eigenvalue weighted by Gasteiger charge is -2.52. The van der Waals surface area contributed by atoms with Crippen molar-refractivity contribution < 1.29 is 32.2 Å². The molecule has 5 rings (SSSR count). The highest BCUT2D eigenvalue weighted by molar-refractivity contribution is 5.80. The van der Waals surface area contributed by atoms with E-state index in [1.54, 1.807) is 24.8 Å². The summed E-state index contributed by atoms with van der Waals surface area (Å²) in [6.07, 6.45) is -3.66. The first-order chi connectivity index (χ1) is 20.0. The second-order valence-corrected chi connectivity index (χ2v) is 11.4. The van der Waals surface area contributed by atoms with Crippen LogP contribution in [0.2, 0.25) is 0 Å². The number of ether oxygens (including phenoxy) is 2. The molecule has 2 amide bonds. The molecule has 0 radical (unpaired) electrons. The number of hydrogen-bond acceptors (Lipinski definition) is 4. The second kappa shape index (κ2) is 11.8. The van der Waals surface area contributed by atoms with Crippen LogP contribution in [0.3, 0.4) is 0 Å². The van der Waals surface area contributed by atoms with E-state index < -0.39 is 35.0 Å². The van der Waals surface area contributed by atoms with Gasteiger partial charge in [0.15, 0.2) is 0 Å². The number of carbonyl (C=O) groups is 2. The van der Waals surface area contributed by atoms with E-state index >= 15 is 0 Å². The highest BCUT2D eigenvalue weighted by Gasteiger charge is 2.53. The van der Waals surface area contributed by atoms with Gasteiger partial charge in [0.25, 0.3) is 0 Å². The molecule has 0 bridgehead atoms. The first-order valence-electron chi connectivity index (χ1n) is 14.2. The van der Waals surface area contributed by atoms with Crippen LogP contribution in [-0.4, -0.2) is 35.6 Å². The van der Waals surface area contributed by atoms with Gasteiger partial charge in [-0.05, 0) is 61.9 Å². The standard InChI is InChI=1S/C33H35F3N2O4/c1-23-17-26(19-28(18-23)33(34,35)36)24(2)42-22-32(27-11-7-4-8-12-27)16-15-31(14-13-29(39)37-31)21-38(32)30(40)41-20-25-9-5-3-6-10-25/h3-12,17-19,24H,13-16,20-22H2,1-2H3,(H,37,39)/t24-,31-,32-/m1/s1. The Kier molecular flexibility index (Phi) is 8.32. The molecule has 0 aliphatic carbocycles. The van der Waals surface area contributed by atoms with E-state index in [1.165, 1.54) is 0 Å². The summed E-state index contributed by atoms with van der Waals surface area (Å²) in [5.74, 6) is -0.0513. The first kappa shape index (κ1) is 29.6. The van der Waals surface area contributed by atoms with E-state index in [0.717, 1.165) is 23.3 Å². The summed E-state index contributed by atoms with van der Waals surface area (Å²) >= 11 is 0. The zero-order chi connectivity index (χ0) is 30.0. The Labute approximate surface area is 243 Å². The van der Waals surface area contributed by atoms with Crippen LogP contribution in [-0.2, 0) is 32.6 Å². The zero-order valence-corrected chi connectivity index (χ0v) is 23.7. The molecule has 222 valence electrons. The molecular formula is C33H35F3N2O4. The van der Waals surface area contributed by atoms with E-state index in [-0.39, 0.29) is 25.7 Å². The number of alkyl halides is 3. The largest absolute Gasteiger partial charge is 0.445 e. The minimum atomic E-state index is -4.48. The van der Waals surface area contributed by atoms with Gasteiger partial charge in [-0.1, -0.05) is 72.3 Å². The number of amides is 2. The molecule has 3 aromatic rings. The average Bonchev–Trinajstić information content (AvgIpc) is 3.35. The van der Waals surface area contributed by atoms with Crippen molar-refractivity contribution in [3.63, 3.8) is 0 Å². The Morgan fingerprint density at radius 2 is 1.69 bits per heavy atom. The number of hydrogen-bond donors (Lipinski definition) is 1. The SMILES string of the molecule is Cc1cc([C@@H](C)OC[C@@]2(c3ccccc3)CC[C@]3(CCC(=O)N3)CN2C(=O)OCc2ccccc2)cc(C(F)(F)F)c1. The van der Waals surface area contributed by atoms with Gasteiger partial charge in [0, 0.05) is 13.0 Å². The number of aryl methyl sites for hydroxylation is 1. The molecule has 6 nitrogen and oxygen atoms in total. The van der Waals surface area contributed by atoms with Gasteiger partial charge < -0.3 is 14.8 Å². The second-order valence-electron chi connectivity index (χ2n) is 11.4. The van der Waals surface area contributed by atoms with Crippen molar-refractivity contribution in [3.05, 3.63) is 107 Å². The summed E-state index contributed by atoms with van der Waals surface area (Å²) in [6, 6.07) is 22.8. The van der Waals surface area contributed by atoms with Crippen LogP contribution in [0.1, 0.15) is 66.5 Å². The van der Waals surface area contributed by atoms with Crippen molar-refractivity contribution in [1.82, 2.24) is 10.2 Å². The van der Waals surface area contributed by atoms with Crippen molar-refractivity contribution in [1.29, 1.82) is 0 Å². The number of nitrogens with zero attached hydrogens (tertiary/aromatic N) is 1. The van der Waals surface area contributed by atoms with E-state index in [2.05, 4.69) is 5.32 Å². The van der Waals surface area contributed by atoms with Gasteiger partial charge in [0.05, 0.1) is 29.4 Å². The summed E-state index contributed by atoms with van der Waals surface area (Å²) in [5, 5.41) is 3.10. The maximum absolute atomic E-state index is 13.9. The van der Waals surface area contributed by atoms with E-state index in [9.17, 15) is 22.8 Å². The van der Waals surface area contributed by atoms with Crippen molar-refractivity contribution in [2.45, 2.75) is 69.5 Å². The first-order valence-corrected chi connectivity index (χ1v) is 14.2. The van der Waals surface area contributed by atoms with Crippen LogP contribution >= 0.6 is 0 Å². The third-order valence-electron chi connectivity index (χ3n) is 8.43. The predicted octanol–water partition coefficient (Wildman–Crippen LogP) is 7.07. The number of benzene rings is 3. The molecule has 2 aliphatic heterocycles. The third kappa shape index (κ3) is 6.31. The highest BCUT2D eigenvalue weighted by atomic mass is 19.4. The Hall–Kier alpha value is -3.85. The number of likely N-dealkylation sites (tertiary alicyclic amines) is 1. The molecule has 9 heteroatoms. The molecule has 2 fully saturated rings. The lowest BCUT2D eigenvalue weighted by atomic mass is 9.74. The number of piperidine rings is 1. The van der Waals surface area contributed by atoms with Crippen molar-refractivity contribution in [3.8, 4) is 0 Å². The summed E-state index contributed by atoms with van der Waals surface area (Å²) < 4.78 is 52.8. The fraction of sp³-hybridized carbons (Fsp3) is 0.394. The van der Waals surface area contributed by atoms with E-state index in [4.69, 9.17) is 9.47 Å². The van der Waals surface area contributed by atoms with Gasteiger partial charge >= 0.3 is 12.3 Å². The Balaban J connectivity index is 1.47. The van der Waals surface area contributed by atoms with Gasteiger partial charge in [0.2, 0.25) is 5.91 Å². The average molecular weight is 581 g/mol. The molecule has 0 aromatic heterocycles. The summed E-state index contributed by atoms with van der Waals surface area (Å²) in [6.45, 7) is 3.66. The quantitative estimate of drug-likeness (QED) is 0.325. The maximum atomic E-state index is 13.9. The topological polar surface area (TPSA) is 67.9 Å². The van der Waals surface area contributed by atoms with Gasteiger partial charge in [-0.15, -0.1) is 0 Å². The van der Waals surface area contributed by atoms with Crippen LogP contribution in [0.15, 0.2) is 78.9 Å². The van der Waals surface area contributed by atoms with Crippen LogP contribution in [0.4, 0.5) is 18.0 Å². The fourth-order valence-electron chi connectivity index (χ4n) is 6.08.